The van der Waals surface area contributed by atoms with E-state index in [2.05, 4.69) is 43.2 Å². The van der Waals surface area contributed by atoms with E-state index in [9.17, 15) is 0 Å². The number of aryl methyl sites for hydroxylation is 1. The third-order valence-corrected chi connectivity index (χ3v) is 4.40. The maximum absolute atomic E-state index is 5.73. The lowest BCUT2D eigenvalue weighted by Gasteiger charge is -2.22. The average molecular weight is 475 g/mol. The van der Waals surface area contributed by atoms with E-state index < -0.39 is 0 Å². The Morgan fingerprint density at radius 2 is 2.12 bits per heavy atom. The van der Waals surface area contributed by atoms with E-state index in [1.54, 1.807) is 7.11 Å². The van der Waals surface area contributed by atoms with Gasteiger partial charge < -0.3 is 19.7 Å². The van der Waals surface area contributed by atoms with E-state index in [-0.39, 0.29) is 24.0 Å². The summed E-state index contributed by atoms with van der Waals surface area (Å²) in [4.78, 5) is 6.90. The summed E-state index contributed by atoms with van der Waals surface area (Å²) in [5.41, 5.74) is 2.45. The molecule has 1 saturated carbocycles. The van der Waals surface area contributed by atoms with Crippen molar-refractivity contribution in [2.75, 3.05) is 47.0 Å². The Bertz CT molecular complexity index is 562. The molecule has 0 atom stereocenters. The topological polar surface area (TPSA) is 46.1 Å². The fourth-order valence-corrected chi connectivity index (χ4v) is 2.70. The highest BCUT2D eigenvalue weighted by atomic mass is 127. The molecule has 1 aliphatic rings. The van der Waals surface area contributed by atoms with Gasteiger partial charge in [-0.25, -0.2) is 0 Å². The summed E-state index contributed by atoms with van der Waals surface area (Å²) in [6, 6.07) is 6.28. The Kier molecular flexibility index (Phi) is 11.0. The molecule has 1 aromatic carbocycles. The number of rotatable bonds is 10. The lowest BCUT2D eigenvalue weighted by atomic mass is 10.1. The van der Waals surface area contributed by atoms with Crippen molar-refractivity contribution in [3.8, 4) is 5.75 Å². The third-order valence-electron chi connectivity index (χ3n) is 4.40. The van der Waals surface area contributed by atoms with Gasteiger partial charge in [-0.1, -0.05) is 17.7 Å². The minimum atomic E-state index is 0. The van der Waals surface area contributed by atoms with Gasteiger partial charge in [0.25, 0.3) is 0 Å². The quantitative estimate of drug-likeness (QED) is 0.244. The van der Waals surface area contributed by atoms with Crippen LogP contribution in [-0.2, 0) is 11.2 Å². The van der Waals surface area contributed by atoms with Crippen LogP contribution in [0, 0.1) is 12.8 Å². The normalized spacial score (nSPS) is 13.9. The predicted octanol–water partition coefficient (Wildman–Crippen LogP) is 3.49. The largest absolute Gasteiger partial charge is 0.496 e. The molecule has 0 amide bonds. The molecular formula is C20H34IN3O2. The summed E-state index contributed by atoms with van der Waals surface area (Å²) in [5, 5.41) is 3.36. The lowest BCUT2D eigenvalue weighted by molar-refractivity contribution is 0.115. The van der Waals surface area contributed by atoms with Gasteiger partial charge in [0.15, 0.2) is 5.96 Å². The summed E-state index contributed by atoms with van der Waals surface area (Å²) in [6.45, 7) is 8.31. The van der Waals surface area contributed by atoms with Crippen molar-refractivity contribution < 1.29 is 9.47 Å². The van der Waals surface area contributed by atoms with Crippen molar-refractivity contribution in [1.82, 2.24) is 10.2 Å². The van der Waals surface area contributed by atoms with Crippen molar-refractivity contribution in [3.63, 3.8) is 0 Å². The van der Waals surface area contributed by atoms with Crippen LogP contribution in [0.3, 0.4) is 0 Å². The van der Waals surface area contributed by atoms with Gasteiger partial charge in [-0.3, -0.25) is 4.99 Å². The molecule has 26 heavy (non-hydrogen) atoms. The zero-order chi connectivity index (χ0) is 18.1. The SMILES string of the molecule is CCNC(=NCCc1cc(C)ccc1OC)N(C)CCOCC1CC1.I. The van der Waals surface area contributed by atoms with E-state index in [0.29, 0.717) is 0 Å². The monoisotopic (exact) mass is 475 g/mol. The van der Waals surface area contributed by atoms with Crippen molar-refractivity contribution in [2.45, 2.75) is 33.1 Å². The van der Waals surface area contributed by atoms with Crippen LogP contribution >= 0.6 is 24.0 Å². The number of hydrogen-bond acceptors (Lipinski definition) is 3. The number of aliphatic imine (C=N–C) groups is 1. The summed E-state index contributed by atoms with van der Waals surface area (Å²) >= 11 is 0. The number of hydrogen-bond donors (Lipinski definition) is 1. The molecular weight excluding hydrogens is 441 g/mol. The molecule has 6 heteroatoms. The Labute approximate surface area is 175 Å². The standard InChI is InChI=1S/C20H33N3O2.HI/c1-5-21-20(23(3)12-13-25-15-17-7-8-17)22-11-10-18-14-16(2)6-9-19(18)24-4;/h6,9,14,17H,5,7-8,10-13,15H2,1-4H3,(H,21,22);1H. The van der Waals surface area contributed by atoms with Crippen LogP contribution < -0.4 is 10.1 Å². The average Bonchev–Trinajstić information content (AvgIpc) is 3.42. The smallest absolute Gasteiger partial charge is 0.193 e. The number of benzene rings is 1. The van der Waals surface area contributed by atoms with Gasteiger partial charge in [0.05, 0.1) is 13.7 Å². The molecule has 0 aliphatic heterocycles. The highest BCUT2D eigenvalue weighted by Crippen LogP contribution is 2.28. The lowest BCUT2D eigenvalue weighted by Crippen LogP contribution is -2.40. The molecule has 0 spiro atoms. The van der Waals surface area contributed by atoms with E-state index in [4.69, 9.17) is 14.5 Å². The molecule has 0 radical (unpaired) electrons. The number of methoxy groups -OCH3 is 1. The van der Waals surface area contributed by atoms with Crippen LogP contribution in [0.5, 0.6) is 5.75 Å². The summed E-state index contributed by atoms with van der Waals surface area (Å²) < 4.78 is 11.2. The fraction of sp³-hybridized carbons (Fsp3) is 0.650. The van der Waals surface area contributed by atoms with Gasteiger partial charge in [-0.2, -0.15) is 0 Å². The molecule has 0 bridgehead atoms. The second kappa shape index (κ2) is 12.4. The zero-order valence-electron chi connectivity index (χ0n) is 16.6. The van der Waals surface area contributed by atoms with Crippen LogP contribution in [0.25, 0.3) is 0 Å². The van der Waals surface area contributed by atoms with E-state index in [1.807, 2.05) is 6.07 Å². The van der Waals surface area contributed by atoms with E-state index >= 15 is 0 Å². The third kappa shape index (κ3) is 8.12. The summed E-state index contributed by atoms with van der Waals surface area (Å²) in [5.74, 6) is 2.69. The minimum absolute atomic E-state index is 0. The number of ether oxygens (including phenoxy) is 2. The second-order valence-electron chi connectivity index (χ2n) is 6.74. The van der Waals surface area contributed by atoms with Crippen molar-refractivity contribution in [1.29, 1.82) is 0 Å². The molecule has 2 rings (SSSR count). The minimum Gasteiger partial charge on any atom is -0.496 e. The number of likely N-dealkylation sites (N-methyl/N-ethyl adjacent to an activating group) is 1. The molecule has 1 aromatic rings. The first-order valence-electron chi connectivity index (χ1n) is 9.34. The van der Waals surface area contributed by atoms with Crippen LogP contribution in [-0.4, -0.2) is 57.9 Å². The van der Waals surface area contributed by atoms with Gasteiger partial charge >= 0.3 is 0 Å². The van der Waals surface area contributed by atoms with Crippen LogP contribution in [0.4, 0.5) is 0 Å². The Morgan fingerprint density at radius 1 is 1.35 bits per heavy atom. The van der Waals surface area contributed by atoms with Gasteiger partial charge in [0, 0.05) is 33.3 Å². The molecule has 148 valence electrons. The van der Waals surface area contributed by atoms with Crippen molar-refractivity contribution >= 4 is 29.9 Å². The maximum atomic E-state index is 5.73. The molecule has 5 nitrogen and oxygen atoms in total. The van der Waals surface area contributed by atoms with Crippen LogP contribution in [0.15, 0.2) is 23.2 Å². The fourth-order valence-electron chi connectivity index (χ4n) is 2.70. The molecule has 0 aromatic heterocycles. The first-order chi connectivity index (χ1) is 12.1. The summed E-state index contributed by atoms with van der Waals surface area (Å²) in [6.07, 6.45) is 3.54. The number of halogens is 1. The van der Waals surface area contributed by atoms with Crippen LogP contribution in [0.1, 0.15) is 30.9 Å². The van der Waals surface area contributed by atoms with Gasteiger partial charge in [-0.05, 0) is 50.7 Å². The highest BCUT2D eigenvalue weighted by Gasteiger charge is 2.21. The van der Waals surface area contributed by atoms with Gasteiger partial charge in [0.2, 0.25) is 0 Å². The zero-order valence-corrected chi connectivity index (χ0v) is 18.9. The van der Waals surface area contributed by atoms with Crippen molar-refractivity contribution in [2.24, 2.45) is 10.9 Å². The van der Waals surface area contributed by atoms with Crippen molar-refractivity contribution in [3.05, 3.63) is 29.3 Å². The molecule has 0 saturated heterocycles. The van der Waals surface area contributed by atoms with Gasteiger partial charge in [0.1, 0.15) is 5.75 Å². The maximum Gasteiger partial charge on any atom is 0.193 e. The molecule has 0 heterocycles. The molecule has 0 unspecified atom stereocenters. The first kappa shape index (κ1) is 23.0. The Morgan fingerprint density at radius 3 is 2.77 bits per heavy atom. The Balaban J connectivity index is 0.00000338. The number of guanidine groups is 1. The first-order valence-corrected chi connectivity index (χ1v) is 9.34. The Hall–Kier alpha value is -1.02. The number of nitrogens with one attached hydrogen (secondary N) is 1. The van der Waals surface area contributed by atoms with Crippen LogP contribution in [0.2, 0.25) is 0 Å². The second-order valence-corrected chi connectivity index (χ2v) is 6.74. The summed E-state index contributed by atoms with van der Waals surface area (Å²) in [7, 11) is 3.78. The number of nitrogens with zero attached hydrogens (tertiary/aromatic N) is 2. The highest BCUT2D eigenvalue weighted by molar-refractivity contribution is 14.0. The molecule has 1 fully saturated rings. The molecule has 1 N–H and O–H groups in total. The van der Waals surface area contributed by atoms with Gasteiger partial charge in [-0.15, -0.1) is 24.0 Å². The van der Waals surface area contributed by atoms with E-state index in [1.165, 1.54) is 24.0 Å². The predicted molar refractivity (Wildman–Crippen MR) is 119 cm³/mol. The van der Waals surface area contributed by atoms with E-state index in [0.717, 1.165) is 56.9 Å². The molecule has 1 aliphatic carbocycles.